The van der Waals surface area contributed by atoms with Gasteiger partial charge in [0.25, 0.3) is 0 Å². The normalized spacial score (nSPS) is 10.1. The zero-order valence-corrected chi connectivity index (χ0v) is 10.1. The number of ether oxygens (including phenoxy) is 2. The van der Waals surface area contributed by atoms with Gasteiger partial charge in [0.2, 0.25) is 0 Å². The molecule has 1 aromatic heterocycles. The van der Waals surface area contributed by atoms with Gasteiger partial charge in [0.1, 0.15) is 17.1 Å². The van der Waals surface area contributed by atoms with E-state index in [1.54, 1.807) is 31.4 Å². The molecule has 94 valence electrons. The zero-order valence-electron chi connectivity index (χ0n) is 10.1. The van der Waals surface area contributed by atoms with E-state index in [9.17, 15) is 4.79 Å². The smallest absolute Gasteiger partial charge is 0.343 e. The lowest BCUT2D eigenvalue weighted by molar-refractivity contribution is 0.0602. The number of methoxy groups -OCH3 is 2. The number of carbonyl (C=O) groups excluding carboxylic acids is 1. The summed E-state index contributed by atoms with van der Waals surface area (Å²) >= 11 is 0. The molecule has 0 fully saturated rings. The minimum absolute atomic E-state index is 0.243. The van der Waals surface area contributed by atoms with Crippen molar-refractivity contribution >= 4 is 11.8 Å². The van der Waals surface area contributed by atoms with E-state index in [2.05, 4.69) is 9.84 Å². The van der Waals surface area contributed by atoms with E-state index in [1.807, 2.05) is 0 Å². The summed E-state index contributed by atoms with van der Waals surface area (Å²) in [7, 11) is 2.89. The van der Waals surface area contributed by atoms with Crippen LogP contribution in [0, 0.1) is 0 Å². The third-order valence-corrected chi connectivity index (χ3v) is 2.53. The summed E-state index contributed by atoms with van der Waals surface area (Å²) in [4.78, 5) is 11.4. The maximum absolute atomic E-state index is 11.4. The van der Waals surface area contributed by atoms with Crippen LogP contribution in [0.2, 0.25) is 0 Å². The summed E-state index contributed by atoms with van der Waals surface area (Å²) in [6.07, 6.45) is 1.38. The molecule has 0 bridgehead atoms. The number of anilines is 1. The Bertz CT molecular complexity index is 560. The van der Waals surface area contributed by atoms with E-state index < -0.39 is 5.97 Å². The van der Waals surface area contributed by atoms with Gasteiger partial charge >= 0.3 is 5.97 Å². The van der Waals surface area contributed by atoms with E-state index in [0.29, 0.717) is 0 Å². The first-order valence-corrected chi connectivity index (χ1v) is 5.23. The molecule has 1 aromatic carbocycles. The van der Waals surface area contributed by atoms with Gasteiger partial charge in [0.15, 0.2) is 0 Å². The van der Waals surface area contributed by atoms with Crippen molar-refractivity contribution in [3.8, 4) is 11.4 Å². The number of hydrogen-bond acceptors (Lipinski definition) is 5. The second-order valence-electron chi connectivity index (χ2n) is 3.54. The van der Waals surface area contributed by atoms with Gasteiger partial charge < -0.3 is 15.2 Å². The standard InChI is InChI=1S/C12H13N3O3/c1-17-9-5-3-8(4-6-9)15-11(13)10(7-14-15)12(16)18-2/h3-7H,13H2,1-2H3. The minimum atomic E-state index is -0.507. The molecule has 2 N–H and O–H groups in total. The van der Waals surface area contributed by atoms with Crippen LogP contribution in [-0.2, 0) is 4.74 Å². The summed E-state index contributed by atoms with van der Waals surface area (Å²) in [5.41, 5.74) is 6.83. The number of rotatable bonds is 3. The highest BCUT2D eigenvalue weighted by Gasteiger charge is 2.16. The summed E-state index contributed by atoms with van der Waals surface area (Å²) in [5.74, 6) is 0.469. The molecule has 2 rings (SSSR count). The van der Waals surface area contributed by atoms with Crippen LogP contribution in [0.15, 0.2) is 30.5 Å². The van der Waals surface area contributed by atoms with Crippen LogP contribution < -0.4 is 10.5 Å². The summed E-state index contributed by atoms with van der Waals surface area (Å²) in [5, 5.41) is 4.06. The fourth-order valence-corrected chi connectivity index (χ4v) is 1.55. The average Bonchev–Trinajstić information content (AvgIpc) is 2.80. The fourth-order valence-electron chi connectivity index (χ4n) is 1.55. The van der Waals surface area contributed by atoms with Crippen LogP contribution in [-0.4, -0.2) is 30.0 Å². The molecule has 0 aliphatic rings. The monoisotopic (exact) mass is 247 g/mol. The molecule has 0 saturated heterocycles. The van der Waals surface area contributed by atoms with E-state index in [4.69, 9.17) is 10.5 Å². The van der Waals surface area contributed by atoms with Gasteiger partial charge in [0.05, 0.1) is 26.1 Å². The summed E-state index contributed by atoms with van der Waals surface area (Å²) in [6.45, 7) is 0. The maximum atomic E-state index is 11.4. The van der Waals surface area contributed by atoms with Crippen LogP contribution >= 0.6 is 0 Å². The highest BCUT2D eigenvalue weighted by Crippen LogP contribution is 2.20. The SMILES string of the molecule is COC(=O)c1cnn(-c2ccc(OC)cc2)c1N. The molecule has 2 aromatic rings. The van der Waals surface area contributed by atoms with Crippen LogP contribution in [0.5, 0.6) is 5.75 Å². The molecular formula is C12H13N3O3. The molecule has 0 radical (unpaired) electrons. The molecule has 6 nitrogen and oxygen atoms in total. The number of benzene rings is 1. The Morgan fingerprint density at radius 2 is 1.94 bits per heavy atom. The molecule has 18 heavy (non-hydrogen) atoms. The predicted molar refractivity (Wildman–Crippen MR) is 65.9 cm³/mol. The Labute approximate surface area is 104 Å². The Morgan fingerprint density at radius 1 is 1.28 bits per heavy atom. The first-order chi connectivity index (χ1) is 8.67. The maximum Gasteiger partial charge on any atom is 0.343 e. The van der Waals surface area contributed by atoms with Gasteiger partial charge in [-0.3, -0.25) is 0 Å². The highest BCUT2D eigenvalue weighted by atomic mass is 16.5. The van der Waals surface area contributed by atoms with Gasteiger partial charge in [-0.2, -0.15) is 5.10 Å². The van der Waals surface area contributed by atoms with Gasteiger partial charge in [-0.1, -0.05) is 0 Å². The van der Waals surface area contributed by atoms with E-state index >= 15 is 0 Å². The van der Waals surface area contributed by atoms with Crippen molar-refractivity contribution in [2.45, 2.75) is 0 Å². The predicted octanol–water partition coefficient (Wildman–Crippen LogP) is 1.25. The van der Waals surface area contributed by atoms with Crippen LogP contribution in [0.1, 0.15) is 10.4 Å². The highest BCUT2D eigenvalue weighted by molar-refractivity contribution is 5.94. The number of esters is 1. The number of nitrogen functional groups attached to an aromatic ring is 1. The number of carbonyl (C=O) groups is 1. The summed E-state index contributed by atoms with van der Waals surface area (Å²) in [6, 6.07) is 7.16. The Hall–Kier alpha value is -2.50. The van der Waals surface area contributed by atoms with Crippen LogP contribution in [0.4, 0.5) is 5.82 Å². The van der Waals surface area contributed by atoms with E-state index in [-0.39, 0.29) is 11.4 Å². The van der Waals surface area contributed by atoms with E-state index in [1.165, 1.54) is 18.0 Å². The van der Waals surface area contributed by atoms with Gasteiger partial charge in [-0.15, -0.1) is 0 Å². The van der Waals surface area contributed by atoms with Gasteiger partial charge in [-0.05, 0) is 24.3 Å². The molecule has 0 amide bonds. The molecule has 0 atom stereocenters. The van der Waals surface area contributed by atoms with Crippen molar-refractivity contribution in [1.82, 2.24) is 9.78 Å². The van der Waals surface area contributed by atoms with Crippen molar-refractivity contribution in [1.29, 1.82) is 0 Å². The molecule has 0 aliphatic heterocycles. The molecule has 0 unspecified atom stereocenters. The number of hydrogen-bond donors (Lipinski definition) is 1. The van der Waals surface area contributed by atoms with Crippen molar-refractivity contribution in [3.05, 3.63) is 36.0 Å². The Morgan fingerprint density at radius 3 is 2.50 bits per heavy atom. The van der Waals surface area contributed by atoms with Crippen LogP contribution in [0.3, 0.4) is 0 Å². The quantitative estimate of drug-likeness (QED) is 0.826. The number of aromatic nitrogens is 2. The first-order valence-electron chi connectivity index (χ1n) is 5.23. The average molecular weight is 247 g/mol. The molecule has 0 spiro atoms. The third-order valence-electron chi connectivity index (χ3n) is 2.53. The van der Waals surface area contributed by atoms with Gasteiger partial charge in [0, 0.05) is 0 Å². The second kappa shape index (κ2) is 4.79. The fraction of sp³-hybridized carbons (Fsp3) is 0.167. The topological polar surface area (TPSA) is 79.4 Å². The molecule has 0 aliphatic carbocycles. The summed E-state index contributed by atoms with van der Waals surface area (Å²) < 4.78 is 11.1. The van der Waals surface area contributed by atoms with Crippen molar-refractivity contribution < 1.29 is 14.3 Å². The van der Waals surface area contributed by atoms with Gasteiger partial charge in [-0.25, -0.2) is 9.48 Å². The Kier molecular flexibility index (Phi) is 3.18. The second-order valence-corrected chi connectivity index (χ2v) is 3.54. The molecule has 1 heterocycles. The van der Waals surface area contributed by atoms with Crippen molar-refractivity contribution in [2.75, 3.05) is 20.0 Å². The lowest BCUT2D eigenvalue weighted by Gasteiger charge is -2.05. The third kappa shape index (κ3) is 2.00. The van der Waals surface area contributed by atoms with Crippen molar-refractivity contribution in [2.24, 2.45) is 0 Å². The molecular weight excluding hydrogens is 234 g/mol. The van der Waals surface area contributed by atoms with Crippen LogP contribution in [0.25, 0.3) is 5.69 Å². The first kappa shape index (κ1) is 12.0. The lowest BCUT2D eigenvalue weighted by Crippen LogP contribution is -2.07. The number of nitrogens with two attached hydrogens (primary N) is 1. The largest absolute Gasteiger partial charge is 0.497 e. The molecule has 0 saturated carbocycles. The lowest BCUT2D eigenvalue weighted by atomic mass is 10.3. The Balaban J connectivity index is 2.39. The molecule has 6 heteroatoms. The number of nitrogens with zero attached hydrogens (tertiary/aromatic N) is 2. The van der Waals surface area contributed by atoms with E-state index in [0.717, 1.165) is 11.4 Å². The zero-order chi connectivity index (χ0) is 13.1. The minimum Gasteiger partial charge on any atom is -0.497 e. The van der Waals surface area contributed by atoms with Crippen molar-refractivity contribution in [3.63, 3.8) is 0 Å².